The van der Waals surface area contributed by atoms with Gasteiger partial charge in [0.05, 0.1) is 30.8 Å². The number of nitrogens with zero attached hydrogens (tertiary/aromatic N) is 3. The van der Waals surface area contributed by atoms with Gasteiger partial charge in [0.15, 0.2) is 0 Å². The van der Waals surface area contributed by atoms with Gasteiger partial charge in [0.1, 0.15) is 12.2 Å². The van der Waals surface area contributed by atoms with Gasteiger partial charge in [-0.3, -0.25) is 9.59 Å². The van der Waals surface area contributed by atoms with E-state index < -0.39 is 24.0 Å². The first-order valence-electron chi connectivity index (χ1n) is 8.07. The number of carbonyl (C=O) groups excluding carboxylic acids is 2. The predicted octanol–water partition coefficient (Wildman–Crippen LogP) is 1.90. The number of nitriles is 2. The summed E-state index contributed by atoms with van der Waals surface area (Å²) < 4.78 is 13.4. The molecule has 6 nitrogen and oxygen atoms in total. The van der Waals surface area contributed by atoms with E-state index in [9.17, 15) is 14.0 Å². The standard InChI is InChI=1S/C19H15FN4O2/c20-14-7-15(9-22)24(11-14)18(25)10-23-19(26)16-3-1-2-13-5-4-12(8-21)6-17(13)16/h1-6,14-15H,7,10-11H2,(H,23,26)/t14?,15-/m0/s1. The lowest BCUT2D eigenvalue weighted by atomic mass is 10.0. The van der Waals surface area contributed by atoms with Crippen LogP contribution in [0.4, 0.5) is 4.39 Å². The molecule has 0 bridgehead atoms. The summed E-state index contributed by atoms with van der Waals surface area (Å²) in [5.41, 5.74) is 0.769. The van der Waals surface area contributed by atoms with Crippen molar-refractivity contribution in [1.29, 1.82) is 10.5 Å². The number of benzene rings is 2. The molecule has 0 aliphatic carbocycles. The van der Waals surface area contributed by atoms with Gasteiger partial charge in [-0.2, -0.15) is 10.5 Å². The molecule has 130 valence electrons. The highest BCUT2D eigenvalue weighted by Gasteiger charge is 2.35. The molecule has 1 N–H and O–H groups in total. The Morgan fingerprint density at radius 2 is 2.08 bits per heavy atom. The summed E-state index contributed by atoms with van der Waals surface area (Å²) in [6, 6.07) is 13.3. The van der Waals surface area contributed by atoms with E-state index in [0.29, 0.717) is 16.5 Å². The Morgan fingerprint density at radius 1 is 1.27 bits per heavy atom. The molecule has 2 atom stereocenters. The number of carbonyl (C=O) groups is 2. The topological polar surface area (TPSA) is 97.0 Å². The van der Waals surface area contributed by atoms with Crippen molar-refractivity contribution in [2.45, 2.75) is 18.6 Å². The van der Waals surface area contributed by atoms with Crippen molar-refractivity contribution in [1.82, 2.24) is 10.2 Å². The van der Waals surface area contributed by atoms with Crippen molar-refractivity contribution in [2.75, 3.05) is 13.1 Å². The number of nitrogens with one attached hydrogen (secondary N) is 1. The second-order valence-electron chi connectivity index (χ2n) is 6.06. The molecule has 0 spiro atoms. The Hall–Kier alpha value is -3.45. The second-order valence-corrected chi connectivity index (χ2v) is 6.06. The maximum Gasteiger partial charge on any atom is 0.252 e. The van der Waals surface area contributed by atoms with E-state index >= 15 is 0 Å². The molecule has 1 aliphatic heterocycles. The monoisotopic (exact) mass is 350 g/mol. The van der Waals surface area contributed by atoms with E-state index in [1.165, 1.54) is 0 Å². The van der Waals surface area contributed by atoms with Crippen LogP contribution < -0.4 is 5.32 Å². The lowest BCUT2D eigenvalue weighted by Crippen LogP contribution is -2.42. The maximum absolute atomic E-state index is 13.4. The van der Waals surface area contributed by atoms with Crippen LogP contribution in [0.15, 0.2) is 36.4 Å². The molecule has 2 amide bonds. The van der Waals surface area contributed by atoms with Crippen LogP contribution >= 0.6 is 0 Å². The Labute approximate surface area is 149 Å². The minimum Gasteiger partial charge on any atom is -0.343 e. The van der Waals surface area contributed by atoms with Gasteiger partial charge in [-0.1, -0.05) is 18.2 Å². The Bertz CT molecular complexity index is 960. The molecule has 0 aromatic heterocycles. The van der Waals surface area contributed by atoms with Crippen molar-refractivity contribution in [2.24, 2.45) is 0 Å². The average Bonchev–Trinajstić information content (AvgIpc) is 3.05. The fraction of sp³-hybridized carbons (Fsp3) is 0.263. The zero-order valence-corrected chi connectivity index (χ0v) is 13.8. The van der Waals surface area contributed by atoms with Gasteiger partial charge in [-0.15, -0.1) is 0 Å². The number of fused-ring (bicyclic) bond motifs is 1. The van der Waals surface area contributed by atoms with Crippen LogP contribution in [0.1, 0.15) is 22.3 Å². The summed E-state index contributed by atoms with van der Waals surface area (Å²) in [5.74, 6) is -0.966. The number of amides is 2. The molecule has 2 aromatic rings. The number of alkyl halides is 1. The molecule has 0 radical (unpaired) electrons. The van der Waals surface area contributed by atoms with Crippen molar-refractivity contribution in [3.8, 4) is 12.1 Å². The summed E-state index contributed by atoms with van der Waals surface area (Å²) in [7, 11) is 0. The number of likely N-dealkylation sites (tertiary alicyclic amines) is 1. The van der Waals surface area contributed by atoms with Gasteiger partial charge in [0.25, 0.3) is 5.91 Å². The van der Waals surface area contributed by atoms with Crippen LogP contribution in [-0.2, 0) is 4.79 Å². The molecule has 1 aliphatic rings. The Kier molecular flexibility index (Phi) is 4.81. The van der Waals surface area contributed by atoms with E-state index in [1.807, 2.05) is 18.2 Å². The van der Waals surface area contributed by atoms with Gasteiger partial charge in [-0.25, -0.2) is 4.39 Å². The molecule has 1 saturated heterocycles. The molecule has 1 fully saturated rings. The van der Waals surface area contributed by atoms with Crippen molar-refractivity contribution >= 4 is 22.6 Å². The minimum atomic E-state index is -1.22. The smallest absolute Gasteiger partial charge is 0.252 e. The molecular weight excluding hydrogens is 335 g/mol. The Balaban J connectivity index is 1.75. The molecule has 3 rings (SSSR count). The van der Waals surface area contributed by atoms with Crippen molar-refractivity contribution < 1.29 is 14.0 Å². The van der Waals surface area contributed by atoms with Gasteiger partial charge in [-0.05, 0) is 29.0 Å². The molecule has 1 unspecified atom stereocenters. The average molecular weight is 350 g/mol. The third-order valence-corrected chi connectivity index (χ3v) is 4.38. The highest BCUT2D eigenvalue weighted by atomic mass is 19.1. The zero-order chi connectivity index (χ0) is 18.7. The van der Waals surface area contributed by atoms with E-state index in [4.69, 9.17) is 10.5 Å². The quantitative estimate of drug-likeness (QED) is 0.914. The van der Waals surface area contributed by atoms with E-state index in [1.54, 1.807) is 30.3 Å². The first-order chi connectivity index (χ1) is 12.5. The largest absolute Gasteiger partial charge is 0.343 e. The molecule has 0 saturated carbocycles. The first kappa shape index (κ1) is 17.4. The van der Waals surface area contributed by atoms with Crippen LogP contribution in [0.25, 0.3) is 10.8 Å². The maximum atomic E-state index is 13.4. The van der Waals surface area contributed by atoms with Crippen molar-refractivity contribution in [3.05, 3.63) is 47.5 Å². The van der Waals surface area contributed by atoms with Crippen LogP contribution in [0, 0.1) is 22.7 Å². The molecule has 7 heteroatoms. The summed E-state index contributed by atoms with van der Waals surface area (Å²) in [6.07, 6.45) is -1.22. The van der Waals surface area contributed by atoms with Crippen LogP contribution in [-0.4, -0.2) is 42.0 Å². The van der Waals surface area contributed by atoms with E-state index in [-0.39, 0.29) is 19.5 Å². The lowest BCUT2D eigenvalue weighted by molar-refractivity contribution is -0.130. The number of hydrogen-bond donors (Lipinski definition) is 1. The second kappa shape index (κ2) is 7.20. The SMILES string of the molecule is N#Cc1ccc2cccc(C(=O)NCC(=O)N3CC(F)C[C@H]3C#N)c2c1. The third-order valence-electron chi connectivity index (χ3n) is 4.38. The number of rotatable bonds is 3. The van der Waals surface area contributed by atoms with Gasteiger partial charge in [0.2, 0.25) is 5.91 Å². The highest BCUT2D eigenvalue weighted by molar-refractivity contribution is 6.08. The first-order valence-corrected chi connectivity index (χ1v) is 8.07. The molecule has 1 heterocycles. The molecule has 2 aromatic carbocycles. The van der Waals surface area contributed by atoms with Gasteiger partial charge >= 0.3 is 0 Å². The Morgan fingerprint density at radius 3 is 2.81 bits per heavy atom. The fourth-order valence-corrected chi connectivity index (χ4v) is 3.08. The third kappa shape index (κ3) is 3.33. The van der Waals surface area contributed by atoms with E-state index in [2.05, 4.69) is 5.32 Å². The van der Waals surface area contributed by atoms with Crippen LogP contribution in [0.3, 0.4) is 0 Å². The summed E-state index contributed by atoms with van der Waals surface area (Å²) in [4.78, 5) is 25.9. The predicted molar refractivity (Wildman–Crippen MR) is 91.6 cm³/mol. The normalized spacial score (nSPS) is 19.0. The highest BCUT2D eigenvalue weighted by Crippen LogP contribution is 2.21. The fourth-order valence-electron chi connectivity index (χ4n) is 3.08. The van der Waals surface area contributed by atoms with Gasteiger partial charge < -0.3 is 10.2 Å². The number of halogens is 1. The van der Waals surface area contributed by atoms with Crippen LogP contribution in [0.2, 0.25) is 0 Å². The van der Waals surface area contributed by atoms with E-state index in [0.717, 1.165) is 10.3 Å². The molecule has 26 heavy (non-hydrogen) atoms. The summed E-state index contributed by atoms with van der Waals surface area (Å²) in [5, 5.41) is 22.0. The summed E-state index contributed by atoms with van der Waals surface area (Å²) >= 11 is 0. The van der Waals surface area contributed by atoms with Crippen molar-refractivity contribution in [3.63, 3.8) is 0 Å². The lowest BCUT2D eigenvalue weighted by Gasteiger charge is -2.19. The zero-order valence-electron chi connectivity index (χ0n) is 13.8. The summed E-state index contributed by atoms with van der Waals surface area (Å²) in [6.45, 7) is -0.454. The number of hydrogen-bond acceptors (Lipinski definition) is 4. The molecular formula is C19H15FN4O2. The minimum absolute atomic E-state index is 0.00353. The van der Waals surface area contributed by atoms with Crippen LogP contribution in [0.5, 0.6) is 0 Å². The van der Waals surface area contributed by atoms with Gasteiger partial charge in [0, 0.05) is 12.0 Å².